The molecule has 0 saturated heterocycles. The minimum absolute atomic E-state index is 0.935. The fourth-order valence-corrected chi connectivity index (χ4v) is 2.56. The van der Waals surface area contributed by atoms with Crippen LogP contribution in [0.25, 0.3) is 0 Å². The summed E-state index contributed by atoms with van der Waals surface area (Å²) in [5.74, 6) is 4.05. The monoisotopic (exact) mass is 210 g/mol. The molecule has 0 radical (unpaired) electrons. The summed E-state index contributed by atoms with van der Waals surface area (Å²) in [6.45, 7) is 9.32. The zero-order valence-electron chi connectivity index (χ0n) is 11.3. The second kappa shape index (κ2) is 6.55. The molecular formula is C15H30. The molecule has 0 N–H and O–H groups in total. The highest BCUT2D eigenvalue weighted by Crippen LogP contribution is 2.35. The molecule has 0 aromatic carbocycles. The van der Waals surface area contributed by atoms with E-state index in [1.54, 1.807) is 0 Å². The SMILES string of the molecule is CC(C)C1CC1.CC(C)C1CCCCC1. The molecule has 0 heteroatoms. The van der Waals surface area contributed by atoms with Crippen molar-refractivity contribution >= 4 is 0 Å². The van der Waals surface area contributed by atoms with Crippen molar-refractivity contribution in [2.45, 2.75) is 72.6 Å². The van der Waals surface area contributed by atoms with Crippen LogP contribution in [0.5, 0.6) is 0 Å². The third-order valence-corrected chi connectivity index (χ3v) is 4.16. The van der Waals surface area contributed by atoms with E-state index in [2.05, 4.69) is 27.7 Å². The Bertz CT molecular complexity index is 147. The van der Waals surface area contributed by atoms with E-state index >= 15 is 0 Å². The van der Waals surface area contributed by atoms with E-state index in [1.807, 2.05) is 0 Å². The second-order valence-corrected chi connectivity index (χ2v) is 6.22. The predicted octanol–water partition coefficient (Wildman–Crippen LogP) is 5.28. The van der Waals surface area contributed by atoms with Crippen LogP contribution in [0.4, 0.5) is 0 Å². The molecule has 2 aliphatic rings. The van der Waals surface area contributed by atoms with Crippen molar-refractivity contribution in [2.75, 3.05) is 0 Å². The van der Waals surface area contributed by atoms with E-state index in [0.29, 0.717) is 0 Å². The van der Waals surface area contributed by atoms with Gasteiger partial charge in [-0.25, -0.2) is 0 Å². The fraction of sp³-hybridized carbons (Fsp3) is 1.00. The lowest BCUT2D eigenvalue weighted by atomic mass is 9.82. The number of rotatable bonds is 2. The molecular weight excluding hydrogens is 180 g/mol. The minimum Gasteiger partial charge on any atom is -0.0625 e. The molecule has 15 heavy (non-hydrogen) atoms. The van der Waals surface area contributed by atoms with Gasteiger partial charge in [0.25, 0.3) is 0 Å². The smallest absolute Gasteiger partial charge is 0.0391 e. The fourth-order valence-electron chi connectivity index (χ4n) is 2.56. The lowest BCUT2D eigenvalue weighted by Crippen LogP contribution is -2.12. The van der Waals surface area contributed by atoms with Crippen LogP contribution in [0, 0.1) is 23.7 Å². The molecule has 0 aromatic rings. The van der Waals surface area contributed by atoms with E-state index < -0.39 is 0 Å². The Hall–Kier alpha value is 0. The molecule has 0 aliphatic heterocycles. The first-order valence-corrected chi connectivity index (χ1v) is 7.11. The van der Waals surface area contributed by atoms with Crippen LogP contribution in [0.15, 0.2) is 0 Å². The van der Waals surface area contributed by atoms with Crippen LogP contribution in [-0.2, 0) is 0 Å². The van der Waals surface area contributed by atoms with Gasteiger partial charge in [-0.15, -0.1) is 0 Å². The number of hydrogen-bond donors (Lipinski definition) is 0. The zero-order valence-corrected chi connectivity index (χ0v) is 11.3. The Morgan fingerprint density at radius 3 is 1.20 bits per heavy atom. The van der Waals surface area contributed by atoms with Gasteiger partial charge < -0.3 is 0 Å². The van der Waals surface area contributed by atoms with Crippen LogP contribution >= 0.6 is 0 Å². The third-order valence-electron chi connectivity index (χ3n) is 4.16. The van der Waals surface area contributed by atoms with Crippen molar-refractivity contribution in [1.29, 1.82) is 0 Å². The first-order chi connectivity index (χ1) is 7.11. The van der Waals surface area contributed by atoms with Crippen LogP contribution in [0.2, 0.25) is 0 Å². The van der Waals surface area contributed by atoms with Gasteiger partial charge in [0.1, 0.15) is 0 Å². The second-order valence-electron chi connectivity index (χ2n) is 6.22. The van der Waals surface area contributed by atoms with E-state index in [1.165, 1.54) is 44.9 Å². The largest absolute Gasteiger partial charge is 0.0625 e. The van der Waals surface area contributed by atoms with Crippen molar-refractivity contribution in [3.05, 3.63) is 0 Å². The molecule has 2 fully saturated rings. The predicted molar refractivity (Wildman–Crippen MR) is 69.0 cm³/mol. The molecule has 0 atom stereocenters. The maximum atomic E-state index is 2.36. The lowest BCUT2D eigenvalue weighted by Gasteiger charge is -2.24. The summed E-state index contributed by atoms with van der Waals surface area (Å²) in [5.41, 5.74) is 0. The number of hydrogen-bond acceptors (Lipinski definition) is 0. The summed E-state index contributed by atoms with van der Waals surface area (Å²) in [6, 6.07) is 0. The van der Waals surface area contributed by atoms with Gasteiger partial charge in [-0.05, 0) is 36.5 Å². The Morgan fingerprint density at radius 1 is 0.600 bits per heavy atom. The first-order valence-electron chi connectivity index (χ1n) is 7.11. The quantitative estimate of drug-likeness (QED) is 0.582. The molecule has 2 aliphatic carbocycles. The van der Waals surface area contributed by atoms with Crippen LogP contribution in [0.3, 0.4) is 0 Å². The topological polar surface area (TPSA) is 0 Å². The minimum atomic E-state index is 0.935. The normalized spacial score (nSPS) is 22.8. The summed E-state index contributed by atoms with van der Waals surface area (Å²) in [5, 5.41) is 0. The van der Waals surface area contributed by atoms with Gasteiger partial charge in [0, 0.05) is 0 Å². The van der Waals surface area contributed by atoms with Crippen molar-refractivity contribution in [3.8, 4) is 0 Å². The molecule has 0 bridgehead atoms. The molecule has 0 spiro atoms. The molecule has 0 unspecified atom stereocenters. The van der Waals surface area contributed by atoms with Crippen molar-refractivity contribution in [3.63, 3.8) is 0 Å². The highest BCUT2D eigenvalue weighted by Gasteiger charge is 2.23. The van der Waals surface area contributed by atoms with Gasteiger partial charge in [0.15, 0.2) is 0 Å². The Kier molecular flexibility index (Phi) is 5.71. The highest BCUT2D eigenvalue weighted by molar-refractivity contribution is 4.75. The summed E-state index contributed by atoms with van der Waals surface area (Å²) < 4.78 is 0. The third kappa shape index (κ3) is 5.58. The lowest BCUT2D eigenvalue weighted by molar-refractivity contribution is 0.279. The average molecular weight is 210 g/mol. The average Bonchev–Trinajstić information content (AvgIpc) is 3.03. The Labute approximate surface area is 96.8 Å². The summed E-state index contributed by atoms with van der Waals surface area (Å²) in [4.78, 5) is 0. The highest BCUT2D eigenvalue weighted by atomic mass is 14.3. The summed E-state index contributed by atoms with van der Waals surface area (Å²) in [7, 11) is 0. The first kappa shape index (κ1) is 13.1. The standard InChI is InChI=1S/C9H18.C6H12/c1-8(2)9-6-4-3-5-7-9;1-5(2)6-3-4-6/h8-9H,3-7H2,1-2H3;5-6H,3-4H2,1-2H3. The van der Waals surface area contributed by atoms with Crippen molar-refractivity contribution in [1.82, 2.24) is 0 Å². The molecule has 0 heterocycles. The van der Waals surface area contributed by atoms with E-state index in [-0.39, 0.29) is 0 Å². The van der Waals surface area contributed by atoms with Crippen LogP contribution in [0.1, 0.15) is 72.6 Å². The zero-order chi connectivity index (χ0) is 11.3. The molecule has 0 aromatic heterocycles. The van der Waals surface area contributed by atoms with Gasteiger partial charge in [-0.2, -0.15) is 0 Å². The van der Waals surface area contributed by atoms with Gasteiger partial charge in [0.2, 0.25) is 0 Å². The summed E-state index contributed by atoms with van der Waals surface area (Å²) in [6.07, 6.45) is 10.5. The Balaban J connectivity index is 0.000000162. The van der Waals surface area contributed by atoms with E-state index in [4.69, 9.17) is 0 Å². The maximum absolute atomic E-state index is 2.36. The van der Waals surface area contributed by atoms with Crippen LogP contribution < -0.4 is 0 Å². The molecule has 2 saturated carbocycles. The molecule has 0 amide bonds. The van der Waals surface area contributed by atoms with E-state index in [0.717, 1.165) is 23.7 Å². The van der Waals surface area contributed by atoms with Crippen LogP contribution in [-0.4, -0.2) is 0 Å². The van der Waals surface area contributed by atoms with Crippen molar-refractivity contribution < 1.29 is 0 Å². The van der Waals surface area contributed by atoms with E-state index in [9.17, 15) is 0 Å². The van der Waals surface area contributed by atoms with Crippen molar-refractivity contribution in [2.24, 2.45) is 23.7 Å². The van der Waals surface area contributed by atoms with Gasteiger partial charge in [-0.1, -0.05) is 59.8 Å². The summed E-state index contributed by atoms with van der Waals surface area (Å²) >= 11 is 0. The van der Waals surface area contributed by atoms with Gasteiger partial charge in [-0.3, -0.25) is 0 Å². The molecule has 90 valence electrons. The Morgan fingerprint density at radius 2 is 1.00 bits per heavy atom. The molecule has 2 rings (SSSR count). The molecule has 0 nitrogen and oxygen atoms in total. The van der Waals surface area contributed by atoms with Gasteiger partial charge >= 0.3 is 0 Å². The van der Waals surface area contributed by atoms with Gasteiger partial charge in [0.05, 0.1) is 0 Å². The maximum Gasteiger partial charge on any atom is -0.0391 e.